The van der Waals surface area contributed by atoms with Gasteiger partial charge in [0.05, 0.1) is 4.90 Å². The van der Waals surface area contributed by atoms with E-state index < -0.39 is 10.0 Å². The molecule has 27 heavy (non-hydrogen) atoms. The van der Waals surface area contributed by atoms with Crippen LogP contribution in [-0.4, -0.2) is 46.4 Å². The van der Waals surface area contributed by atoms with Crippen molar-refractivity contribution in [2.75, 3.05) is 31.9 Å². The molecule has 0 heterocycles. The van der Waals surface area contributed by atoms with Crippen LogP contribution in [0.2, 0.25) is 0 Å². The number of sulfonamides is 1. The minimum Gasteiger partial charge on any atom is -0.352 e. The standard InChI is InChI=1S/C20H27N3O3S/c1-15-11-16(2)13-18(12-15)22-27(25,26)19-8-5-7-17(14-19)20(24)21-9-6-10-23(3)4/h5,7-8,11-14,22H,6,9-10H2,1-4H3,(H,21,24). The second-order valence-electron chi connectivity index (χ2n) is 6.92. The van der Waals surface area contributed by atoms with E-state index in [0.717, 1.165) is 24.1 Å². The van der Waals surface area contributed by atoms with Crippen LogP contribution in [-0.2, 0) is 10.0 Å². The van der Waals surface area contributed by atoms with Crippen LogP contribution in [0.25, 0.3) is 0 Å². The van der Waals surface area contributed by atoms with Crippen molar-refractivity contribution in [2.45, 2.75) is 25.2 Å². The molecule has 0 aromatic heterocycles. The third-order valence-corrected chi connectivity index (χ3v) is 5.33. The molecule has 2 N–H and O–H groups in total. The van der Waals surface area contributed by atoms with Gasteiger partial charge >= 0.3 is 0 Å². The Morgan fingerprint density at radius 1 is 1.04 bits per heavy atom. The van der Waals surface area contributed by atoms with Gasteiger partial charge in [-0.1, -0.05) is 12.1 Å². The highest BCUT2D eigenvalue weighted by Gasteiger charge is 2.17. The molecule has 0 atom stereocenters. The molecule has 0 bridgehead atoms. The fourth-order valence-corrected chi connectivity index (χ4v) is 3.84. The lowest BCUT2D eigenvalue weighted by Crippen LogP contribution is -2.27. The molecule has 0 aliphatic heterocycles. The van der Waals surface area contributed by atoms with Crippen LogP contribution in [0.1, 0.15) is 27.9 Å². The number of anilines is 1. The number of aryl methyl sites for hydroxylation is 2. The Balaban J connectivity index is 2.11. The van der Waals surface area contributed by atoms with Crippen molar-refractivity contribution in [1.82, 2.24) is 10.2 Å². The van der Waals surface area contributed by atoms with Gasteiger partial charge in [-0.05, 0) is 82.4 Å². The molecular formula is C20H27N3O3S. The lowest BCUT2D eigenvalue weighted by Gasteiger charge is -2.12. The monoisotopic (exact) mass is 389 g/mol. The number of benzene rings is 2. The zero-order valence-electron chi connectivity index (χ0n) is 16.2. The SMILES string of the molecule is Cc1cc(C)cc(NS(=O)(=O)c2cccc(C(=O)NCCCN(C)C)c2)c1. The lowest BCUT2D eigenvalue weighted by molar-refractivity contribution is 0.0952. The van der Waals surface area contributed by atoms with Crippen molar-refractivity contribution in [3.8, 4) is 0 Å². The summed E-state index contributed by atoms with van der Waals surface area (Å²) in [6, 6.07) is 11.6. The second kappa shape index (κ2) is 9.01. The van der Waals surface area contributed by atoms with Crippen molar-refractivity contribution >= 4 is 21.6 Å². The van der Waals surface area contributed by atoms with Crippen molar-refractivity contribution in [3.63, 3.8) is 0 Å². The first kappa shape index (κ1) is 20.9. The number of carbonyl (C=O) groups excluding carboxylic acids is 1. The van der Waals surface area contributed by atoms with Crippen LogP contribution in [0, 0.1) is 13.8 Å². The van der Waals surface area contributed by atoms with Crippen LogP contribution < -0.4 is 10.0 Å². The fraction of sp³-hybridized carbons (Fsp3) is 0.350. The highest BCUT2D eigenvalue weighted by molar-refractivity contribution is 7.92. The molecule has 0 saturated heterocycles. The summed E-state index contributed by atoms with van der Waals surface area (Å²) in [5.74, 6) is -0.280. The van der Waals surface area contributed by atoms with E-state index in [4.69, 9.17) is 0 Å². The van der Waals surface area contributed by atoms with Crippen molar-refractivity contribution < 1.29 is 13.2 Å². The van der Waals surface area contributed by atoms with Gasteiger partial charge in [-0.3, -0.25) is 9.52 Å². The Kier molecular flexibility index (Phi) is 6.98. The van der Waals surface area contributed by atoms with Gasteiger partial charge in [-0.15, -0.1) is 0 Å². The van der Waals surface area contributed by atoms with Crippen molar-refractivity contribution in [1.29, 1.82) is 0 Å². The van der Waals surface area contributed by atoms with Gasteiger partial charge in [0.2, 0.25) is 0 Å². The summed E-state index contributed by atoms with van der Waals surface area (Å²) in [6.07, 6.45) is 0.824. The highest BCUT2D eigenvalue weighted by Crippen LogP contribution is 2.19. The minimum atomic E-state index is -3.78. The fourth-order valence-electron chi connectivity index (χ4n) is 2.75. The summed E-state index contributed by atoms with van der Waals surface area (Å²) >= 11 is 0. The first-order chi connectivity index (χ1) is 12.7. The lowest BCUT2D eigenvalue weighted by atomic mass is 10.1. The van der Waals surface area contributed by atoms with E-state index in [9.17, 15) is 13.2 Å². The number of nitrogens with zero attached hydrogens (tertiary/aromatic N) is 1. The molecule has 1 amide bonds. The maximum absolute atomic E-state index is 12.7. The Labute approximate surface area is 161 Å². The summed E-state index contributed by atoms with van der Waals surface area (Å²) < 4.78 is 28.0. The molecule has 146 valence electrons. The quantitative estimate of drug-likeness (QED) is 0.681. The molecule has 0 unspecified atom stereocenters. The van der Waals surface area contributed by atoms with E-state index >= 15 is 0 Å². The third kappa shape index (κ3) is 6.37. The normalized spacial score (nSPS) is 11.4. The highest BCUT2D eigenvalue weighted by atomic mass is 32.2. The Morgan fingerprint density at radius 3 is 2.33 bits per heavy atom. The first-order valence-electron chi connectivity index (χ1n) is 8.81. The number of nitrogens with one attached hydrogen (secondary N) is 2. The zero-order valence-corrected chi connectivity index (χ0v) is 17.1. The molecule has 0 fully saturated rings. The van der Waals surface area contributed by atoms with Crippen molar-refractivity contribution in [2.24, 2.45) is 0 Å². The van der Waals surface area contributed by atoms with E-state index in [-0.39, 0.29) is 10.8 Å². The molecule has 0 aliphatic carbocycles. The van der Waals surface area contributed by atoms with Crippen LogP contribution >= 0.6 is 0 Å². The minimum absolute atomic E-state index is 0.0580. The third-order valence-electron chi connectivity index (χ3n) is 3.95. The van der Waals surface area contributed by atoms with Gasteiger partial charge in [0.15, 0.2) is 0 Å². The van der Waals surface area contributed by atoms with Gasteiger partial charge in [0, 0.05) is 17.8 Å². The molecule has 2 aromatic carbocycles. The predicted molar refractivity (Wildman–Crippen MR) is 109 cm³/mol. The largest absolute Gasteiger partial charge is 0.352 e. The molecule has 0 spiro atoms. The average Bonchev–Trinajstić information content (AvgIpc) is 2.57. The maximum Gasteiger partial charge on any atom is 0.261 e. The number of hydrogen-bond donors (Lipinski definition) is 2. The van der Waals surface area contributed by atoms with Gasteiger partial charge < -0.3 is 10.2 Å². The maximum atomic E-state index is 12.7. The Morgan fingerprint density at radius 2 is 1.70 bits per heavy atom. The van der Waals surface area contributed by atoms with Crippen LogP contribution in [0.15, 0.2) is 47.4 Å². The van der Waals surface area contributed by atoms with Crippen LogP contribution in [0.4, 0.5) is 5.69 Å². The van der Waals surface area contributed by atoms with E-state index in [1.54, 1.807) is 24.3 Å². The molecular weight excluding hydrogens is 362 g/mol. The van der Waals surface area contributed by atoms with E-state index in [0.29, 0.717) is 17.8 Å². The molecule has 0 radical (unpaired) electrons. The Bertz CT molecular complexity index is 888. The number of carbonyl (C=O) groups is 1. The summed E-state index contributed by atoms with van der Waals surface area (Å²) in [5.41, 5.74) is 2.77. The predicted octanol–water partition coefficient (Wildman–Crippen LogP) is 2.79. The van der Waals surface area contributed by atoms with Crippen LogP contribution in [0.3, 0.4) is 0 Å². The van der Waals surface area contributed by atoms with E-state index in [2.05, 4.69) is 10.0 Å². The molecule has 0 saturated carbocycles. The zero-order chi connectivity index (χ0) is 20.0. The van der Waals surface area contributed by atoms with Crippen LogP contribution in [0.5, 0.6) is 0 Å². The van der Waals surface area contributed by atoms with Gasteiger partial charge in [0.25, 0.3) is 15.9 Å². The first-order valence-corrected chi connectivity index (χ1v) is 10.3. The summed E-state index contributed by atoms with van der Waals surface area (Å²) in [5, 5.41) is 2.82. The molecule has 2 rings (SSSR count). The number of rotatable bonds is 8. The smallest absolute Gasteiger partial charge is 0.261 e. The molecule has 7 heteroatoms. The van der Waals surface area contributed by atoms with Gasteiger partial charge in [-0.25, -0.2) is 8.42 Å². The van der Waals surface area contributed by atoms with E-state index in [1.165, 1.54) is 12.1 Å². The Hall–Kier alpha value is -2.38. The summed E-state index contributed by atoms with van der Waals surface area (Å²) in [4.78, 5) is 14.4. The van der Waals surface area contributed by atoms with E-state index in [1.807, 2.05) is 38.9 Å². The second-order valence-corrected chi connectivity index (χ2v) is 8.60. The van der Waals surface area contributed by atoms with Crippen molar-refractivity contribution in [3.05, 3.63) is 59.2 Å². The molecule has 0 aliphatic rings. The number of hydrogen-bond acceptors (Lipinski definition) is 4. The summed E-state index contributed by atoms with van der Waals surface area (Å²) in [7, 11) is 0.166. The molecule has 2 aromatic rings. The average molecular weight is 390 g/mol. The summed E-state index contributed by atoms with van der Waals surface area (Å²) in [6.45, 7) is 5.22. The number of amides is 1. The van der Waals surface area contributed by atoms with Gasteiger partial charge in [-0.2, -0.15) is 0 Å². The van der Waals surface area contributed by atoms with Gasteiger partial charge in [0.1, 0.15) is 0 Å². The molecule has 6 nitrogen and oxygen atoms in total. The topological polar surface area (TPSA) is 78.5 Å².